The van der Waals surface area contributed by atoms with Crippen molar-refractivity contribution in [3.8, 4) is 0 Å². The molecule has 0 bridgehead atoms. The van der Waals surface area contributed by atoms with Gasteiger partial charge in [0.1, 0.15) is 5.82 Å². The lowest BCUT2D eigenvalue weighted by atomic mass is 10.2. The molecule has 2 nitrogen and oxygen atoms in total. The number of benzene rings is 1. The van der Waals surface area contributed by atoms with Crippen molar-refractivity contribution in [2.45, 2.75) is 13.5 Å². The molecule has 0 N–H and O–H groups in total. The molecule has 0 amide bonds. The second kappa shape index (κ2) is 4.84. The van der Waals surface area contributed by atoms with Crippen molar-refractivity contribution in [3.05, 3.63) is 68.3 Å². The molecule has 0 saturated heterocycles. The number of rotatable bonds is 2. The fraction of sp³-hybridized carbons (Fsp3) is 0.154. The number of pyridine rings is 1. The van der Waals surface area contributed by atoms with Gasteiger partial charge in [0.15, 0.2) is 0 Å². The van der Waals surface area contributed by atoms with E-state index in [0.29, 0.717) is 11.0 Å². The quantitative estimate of drug-likeness (QED) is 0.834. The first-order valence-electron chi connectivity index (χ1n) is 5.18. The number of halogens is 2. The van der Waals surface area contributed by atoms with Crippen molar-refractivity contribution in [1.29, 1.82) is 0 Å². The average molecular weight is 296 g/mol. The SMILES string of the molecule is Cc1cccc(=O)n1Cc1ccc(F)cc1Br. The first-order chi connectivity index (χ1) is 8.08. The summed E-state index contributed by atoms with van der Waals surface area (Å²) in [5, 5.41) is 0. The summed E-state index contributed by atoms with van der Waals surface area (Å²) in [6.45, 7) is 2.31. The van der Waals surface area contributed by atoms with Crippen molar-refractivity contribution in [2.75, 3.05) is 0 Å². The zero-order valence-electron chi connectivity index (χ0n) is 9.28. The van der Waals surface area contributed by atoms with Crippen LogP contribution in [0.1, 0.15) is 11.3 Å². The Kier molecular flexibility index (Phi) is 3.43. The molecular weight excluding hydrogens is 285 g/mol. The minimum absolute atomic E-state index is 0.0544. The van der Waals surface area contributed by atoms with E-state index in [9.17, 15) is 9.18 Å². The van der Waals surface area contributed by atoms with Gasteiger partial charge in [-0.2, -0.15) is 0 Å². The third-order valence-corrected chi connectivity index (χ3v) is 3.35. The molecule has 0 aliphatic carbocycles. The maximum absolute atomic E-state index is 12.9. The molecule has 0 aliphatic heterocycles. The predicted octanol–water partition coefficient (Wildman–Crippen LogP) is 3.11. The Morgan fingerprint density at radius 2 is 2.06 bits per heavy atom. The molecule has 0 aliphatic rings. The molecule has 88 valence electrons. The van der Waals surface area contributed by atoms with Crippen LogP contribution in [-0.4, -0.2) is 4.57 Å². The van der Waals surface area contributed by atoms with Crippen LogP contribution in [0.3, 0.4) is 0 Å². The van der Waals surface area contributed by atoms with Crippen molar-refractivity contribution in [1.82, 2.24) is 4.57 Å². The molecule has 0 radical (unpaired) electrons. The number of hydrogen-bond donors (Lipinski definition) is 0. The van der Waals surface area contributed by atoms with Gasteiger partial charge in [-0.3, -0.25) is 4.79 Å². The van der Waals surface area contributed by atoms with E-state index in [2.05, 4.69) is 15.9 Å². The van der Waals surface area contributed by atoms with Gasteiger partial charge in [-0.1, -0.05) is 28.1 Å². The average Bonchev–Trinajstić information content (AvgIpc) is 2.26. The Morgan fingerprint density at radius 1 is 1.29 bits per heavy atom. The van der Waals surface area contributed by atoms with E-state index < -0.39 is 0 Å². The summed E-state index contributed by atoms with van der Waals surface area (Å²) in [5.41, 5.74) is 1.71. The molecule has 4 heteroatoms. The van der Waals surface area contributed by atoms with E-state index in [1.807, 2.05) is 13.0 Å². The smallest absolute Gasteiger partial charge is 0.251 e. The van der Waals surface area contributed by atoms with Gasteiger partial charge in [0, 0.05) is 16.2 Å². The first-order valence-corrected chi connectivity index (χ1v) is 5.97. The third-order valence-electron chi connectivity index (χ3n) is 2.61. The molecule has 0 saturated carbocycles. The van der Waals surface area contributed by atoms with Gasteiger partial charge in [0.2, 0.25) is 0 Å². The van der Waals surface area contributed by atoms with Crippen LogP contribution in [0.25, 0.3) is 0 Å². The van der Waals surface area contributed by atoms with Gasteiger partial charge in [-0.05, 0) is 30.7 Å². The summed E-state index contributed by atoms with van der Waals surface area (Å²) in [4.78, 5) is 11.7. The van der Waals surface area contributed by atoms with Crippen molar-refractivity contribution in [3.63, 3.8) is 0 Å². The summed E-state index contributed by atoms with van der Waals surface area (Å²) in [7, 11) is 0. The fourth-order valence-corrected chi connectivity index (χ4v) is 2.12. The summed E-state index contributed by atoms with van der Waals surface area (Å²) in [5.74, 6) is -0.294. The highest BCUT2D eigenvalue weighted by atomic mass is 79.9. The van der Waals surface area contributed by atoms with Crippen LogP contribution in [0.15, 0.2) is 45.7 Å². The van der Waals surface area contributed by atoms with Gasteiger partial charge in [-0.15, -0.1) is 0 Å². The Balaban J connectivity index is 2.42. The largest absolute Gasteiger partial charge is 0.308 e. The predicted molar refractivity (Wildman–Crippen MR) is 68.6 cm³/mol. The standard InChI is InChI=1S/C13H11BrFNO/c1-9-3-2-4-13(17)16(9)8-10-5-6-11(15)7-12(10)14/h2-7H,8H2,1H3. The van der Waals surface area contributed by atoms with Crippen LogP contribution < -0.4 is 5.56 Å². The topological polar surface area (TPSA) is 22.0 Å². The monoisotopic (exact) mass is 295 g/mol. The molecule has 0 unspecified atom stereocenters. The van der Waals surface area contributed by atoms with Gasteiger partial charge < -0.3 is 4.57 Å². The third kappa shape index (κ3) is 2.64. The van der Waals surface area contributed by atoms with Crippen LogP contribution in [0.4, 0.5) is 4.39 Å². The summed E-state index contributed by atoms with van der Waals surface area (Å²) < 4.78 is 15.3. The Bertz CT molecular complexity index is 607. The van der Waals surface area contributed by atoms with E-state index in [4.69, 9.17) is 0 Å². The van der Waals surface area contributed by atoms with Crippen molar-refractivity contribution >= 4 is 15.9 Å². The molecule has 0 fully saturated rings. The Labute approximate surface area is 107 Å². The van der Waals surface area contributed by atoms with E-state index in [-0.39, 0.29) is 11.4 Å². The van der Waals surface area contributed by atoms with Crippen molar-refractivity contribution < 1.29 is 4.39 Å². The van der Waals surface area contributed by atoms with Crippen molar-refractivity contribution in [2.24, 2.45) is 0 Å². The van der Waals surface area contributed by atoms with Crippen LogP contribution >= 0.6 is 15.9 Å². The highest BCUT2D eigenvalue weighted by Gasteiger charge is 2.05. The minimum atomic E-state index is -0.294. The molecule has 2 rings (SSSR count). The van der Waals surface area contributed by atoms with Crippen LogP contribution in [-0.2, 0) is 6.54 Å². The van der Waals surface area contributed by atoms with E-state index in [1.165, 1.54) is 18.2 Å². The number of aryl methyl sites for hydroxylation is 1. The van der Waals surface area contributed by atoms with Crippen LogP contribution in [0, 0.1) is 12.7 Å². The lowest BCUT2D eigenvalue weighted by molar-refractivity contribution is 0.624. The van der Waals surface area contributed by atoms with Gasteiger partial charge in [-0.25, -0.2) is 4.39 Å². The second-order valence-corrected chi connectivity index (χ2v) is 4.68. The number of nitrogens with zero attached hydrogens (tertiary/aromatic N) is 1. The second-order valence-electron chi connectivity index (χ2n) is 3.83. The lowest BCUT2D eigenvalue weighted by Crippen LogP contribution is -2.21. The molecule has 1 aromatic heterocycles. The first kappa shape index (κ1) is 12.0. The molecule has 1 heterocycles. The zero-order valence-corrected chi connectivity index (χ0v) is 10.9. The van der Waals surface area contributed by atoms with Crippen LogP contribution in [0.2, 0.25) is 0 Å². The van der Waals surface area contributed by atoms with E-state index >= 15 is 0 Å². The van der Waals surface area contributed by atoms with E-state index in [1.54, 1.807) is 16.7 Å². The molecule has 1 aromatic carbocycles. The highest BCUT2D eigenvalue weighted by Crippen LogP contribution is 2.18. The number of aromatic nitrogens is 1. The molecule has 17 heavy (non-hydrogen) atoms. The Morgan fingerprint density at radius 3 is 2.71 bits per heavy atom. The molecule has 0 spiro atoms. The minimum Gasteiger partial charge on any atom is -0.308 e. The zero-order chi connectivity index (χ0) is 12.4. The molecular formula is C13H11BrFNO. The van der Waals surface area contributed by atoms with Crippen LogP contribution in [0.5, 0.6) is 0 Å². The van der Waals surface area contributed by atoms with Gasteiger partial charge in [0.05, 0.1) is 6.54 Å². The maximum atomic E-state index is 12.9. The van der Waals surface area contributed by atoms with Gasteiger partial charge in [0.25, 0.3) is 5.56 Å². The maximum Gasteiger partial charge on any atom is 0.251 e. The summed E-state index contributed by atoms with van der Waals surface area (Å²) in [6, 6.07) is 9.59. The molecule has 0 atom stereocenters. The lowest BCUT2D eigenvalue weighted by Gasteiger charge is -2.10. The van der Waals surface area contributed by atoms with Gasteiger partial charge >= 0.3 is 0 Å². The number of hydrogen-bond acceptors (Lipinski definition) is 1. The fourth-order valence-electron chi connectivity index (χ4n) is 1.65. The Hall–Kier alpha value is -1.42. The summed E-state index contributed by atoms with van der Waals surface area (Å²) in [6.07, 6.45) is 0. The normalized spacial score (nSPS) is 10.5. The molecule has 2 aromatic rings. The summed E-state index contributed by atoms with van der Waals surface area (Å²) >= 11 is 3.30. The van der Waals surface area contributed by atoms with E-state index in [0.717, 1.165) is 11.3 Å². The highest BCUT2D eigenvalue weighted by molar-refractivity contribution is 9.10.